The minimum atomic E-state index is -4.17. The van der Waals surface area contributed by atoms with Crippen molar-refractivity contribution < 1.29 is 22.0 Å². The highest BCUT2D eigenvalue weighted by Crippen LogP contribution is 2.27. The van der Waals surface area contributed by atoms with Gasteiger partial charge in [-0.1, -0.05) is 13.8 Å². The fourth-order valence-electron chi connectivity index (χ4n) is 1.65. The van der Waals surface area contributed by atoms with E-state index in [2.05, 4.69) is 0 Å². The second kappa shape index (κ2) is 6.61. The number of hydrogen-bond acceptors (Lipinski definition) is 2. The van der Waals surface area contributed by atoms with E-state index in [-0.39, 0.29) is 0 Å². The Morgan fingerprint density at radius 1 is 1.12 bits per heavy atom. The van der Waals surface area contributed by atoms with Crippen LogP contribution >= 0.6 is 0 Å². The van der Waals surface area contributed by atoms with Crippen molar-refractivity contribution in [3.05, 3.63) is 0 Å². The van der Waals surface area contributed by atoms with Crippen molar-refractivity contribution in [2.75, 3.05) is 6.61 Å². The van der Waals surface area contributed by atoms with E-state index in [4.69, 9.17) is 8.85 Å². The van der Waals surface area contributed by atoms with Gasteiger partial charge in [-0.05, 0) is 25.9 Å². The molecule has 98 valence electrons. The van der Waals surface area contributed by atoms with Crippen molar-refractivity contribution in [2.45, 2.75) is 58.5 Å². The van der Waals surface area contributed by atoms with Crippen LogP contribution in [0.4, 0.5) is 13.2 Å². The summed E-state index contributed by atoms with van der Waals surface area (Å²) < 4.78 is 47.6. The summed E-state index contributed by atoms with van der Waals surface area (Å²) in [5.74, 6) is 0. The normalized spacial score (nSPS) is 15.2. The maximum absolute atomic E-state index is 12.2. The Kier molecular flexibility index (Phi) is 6.58. The Bertz CT molecular complexity index is 193. The molecule has 0 bridgehead atoms. The van der Waals surface area contributed by atoms with Gasteiger partial charge in [0.05, 0.1) is 12.5 Å². The van der Waals surface area contributed by atoms with Crippen molar-refractivity contribution in [2.24, 2.45) is 0 Å². The molecular formula is C10H21F3O2Si. The zero-order valence-electron chi connectivity index (χ0n) is 10.4. The Morgan fingerprint density at radius 2 is 1.62 bits per heavy atom. The second-order valence-corrected chi connectivity index (χ2v) is 7.56. The maximum atomic E-state index is 12.2. The average Bonchev–Trinajstić information content (AvgIpc) is 2.14. The SMILES string of the molecule is CCO[Si](CC)(CC)OC(C)CC(F)(F)F. The first-order valence-corrected chi connectivity index (χ1v) is 7.90. The molecular weight excluding hydrogens is 237 g/mol. The third-order valence-corrected chi connectivity index (χ3v) is 6.22. The fourth-order valence-corrected chi connectivity index (χ4v) is 4.30. The van der Waals surface area contributed by atoms with E-state index >= 15 is 0 Å². The van der Waals surface area contributed by atoms with Gasteiger partial charge in [0.2, 0.25) is 0 Å². The maximum Gasteiger partial charge on any atom is 0.391 e. The van der Waals surface area contributed by atoms with E-state index < -0.39 is 27.3 Å². The third-order valence-electron chi connectivity index (χ3n) is 2.42. The molecule has 6 heteroatoms. The second-order valence-electron chi connectivity index (χ2n) is 3.80. The number of halogens is 3. The van der Waals surface area contributed by atoms with Crippen LogP contribution in [0.5, 0.6) is 0 Å². The van der Waals surface area contributed by atoms with Crippen molar-refractivity contribution in [3.63, 3.8) is 0 Å². The fraction of sp³-hybridized carbons (Fsp3) is 1.00. The van der Waals surface area contributed by atoms with Crippen LogP contribution in [0.2, 0.25) is 12.1 Å². The monoisotopic (exact) mass is 258 g/mol. The summed E-state index contributed by atoms with van der Waals surface area (Å²) in [7, 11) is -2.41. The molecule has 0 N–H and O–H groups in total. The summed E-state index contributed by atoms with van der Waals surface area (Å²) in [6, 6.07) is 1.36. The van der Waals surface area contributed by atoms with Crippen molar-refractivity contribution in [3.8, 4) is 0 Å². The first kappa shape index (κ1) is 15.9. The van der Waals surface area contributed by atoms with Crippen LogP contribution in [0.25, 0.3) is 0 Å². The van der Waals surface area contributed by atoms with E-state index in [1.807, 2.05) is 20.8 Å². The summed E-state index contributed by atoms with van der Waals surface area (Å²) in [4.78, 5) is 0. The molecule has 0 rings (SSSR count). The first-order chi connectivity index (χ1) is 7.28. The summed E-state index contributed by atoms with van der Waals surface area (Å²) >= 11 is 0. The van der Waals surface area contributed by atoms with Crippen LogP contribution in [0.3, 0.4) is 0 Å². The molecule has 0 aliphatic heterocycles. The quantitative estimate of drug-likeness (QED) is 0.645. The Balaban J connectivity index is 4.39. The van der Waals surface area contributed by atoms with Gasteiger partial charge in [0.1, 0.15) is 0 Å². The van der Waals surface area contributed by atoms with Gasteiger partial charge in [0.15, 0.2) is 0 Å². The molecule has 0 aliphatic carbocycles. The van der Waals surface area contributed by atoms with Gasteiger partial charge < -0.3 is 8.85 Å². The lowest BCUT2D eigenvalue weighted by molar-refractivity contribution is -0.151. The van der Waals surface area contributed by atoms with Crippen molar-refractivity contribution in [1.29, 1.82) is 0 Å². The van der Waals surface area contributed by atoms with Gasteiger partial charge >= 0.3 is 14.7 Å². The van der Waals surface area contributed by atoms with Gasteiger partial charge in [-0.25, -0.2) is 0 Å². The lowest BCUT2D eigenvalue weighted by atomic mass is 10.3. The van der Waals surface area contributed by atoms with Gasteiger partial charge in [0, 0.05) is 6.61 Å². The molecule has 0 aromatic heterocycles. The van der Waals surface area contributed by atoms with E-state index in [0.29, 0.717) is 18.7 Å². The number of rotatable bonds is 7. The van der Waals surface area contributed by atoms with E-state index in [9.17, 15) is 13.2 Å². The average molecular weight is 258 g/mol. The number of hydrogen-bond donors (Lipinski definition) is 0. The van der Waals surface area contributed by atoms with E-state index in [1.54, 1.807) is 0 Å². The van der Waals surface area contributed by atoms with Crippen LogP contribution in [-0.2, 0) is 8.85 Å². The zero-order valence-corrected chi connectivity index (χ0v) is 11.4. The van der Waals surface area contributed by atoms with E-state index in [0.717, 1.165) is 0 Å². The molecule has 1 unspecified atom stereocenters. The summed E-state index contributed by atoms with van der Waals surface area (Å²) in [5, 5.41) is 0. The molecule has 2 nitrogen and oxygen atoms in total. The minimum absolute atomic E-state index is 0.493. The highest BCUT2D eigenvalue weighted by molar-refractivity contribution is 6.67. The molecule has 0 aromatic rings. The smallest absolute Gasteiger partial charge is 0.391 e. The van der Waals surface area contributed by atoms with Crippen LogP contribution in [0, 0.1) is 0 Å². The van der Waals surface area contributed by atoms with Crippen LogP contribution < -0.4 is 0 Å². The molecule has 0 fully saturated rings. The minimum Gasteiger partial charge on any atom is -0.394 e. The molecule has 0 heterocycles. The molecule has 0 saturated carbocycles. The van der Waals surface area contributed by atoms with Crippen LogP contribution in [0.15, 0.2) is 0 Å². The highest BCUT2D eigenvalue weighted by Gasteiger charge is 2.38. The highest BCUT2D eigenvalue weighted by atomic mass is 28.4. The summed E-state index contributed by atoms with van der Waals surface area (Å²) in [6.45, 7) is 7.61. The first-order valence-electron chi connectivity index (χ1n) is 5.67. The Morgan fingerprint density at radius 3 is 1.94 bits per heavy atom. The lowest BCUT2D eigenvalue weighted by Crippen LogP contribution is -2.44. The Hall–Kier alpha value is -0.0731. The third kappa shape index (κ3) is 5.86. The summed E-state index contributed by atoms with van der Waals surface area (Å²) in [5.41, 5.74) is 0. The molecule has 16 heavy (non-hydrogen) atoms. The summed E-state index contributed by atoms with van der Waals surface area (Å²) in [6.07, 6.45) is -5.90. The number of alkyl halides is 3. The van der Waals surface area contributed by atoms with Crippen molar-refractivity contribution in [1.82, 2.24) is 0 Å². The van der Waals surface area contributed by atoms with Gasteiger partial charge in [-0.2, -0.15) is 13.2 Å². The predicted molar refractivity (Wildman–Crippen MR) is 59.6 cm³/mol. The lowest BCUT2D eigenvalue weighted by Gasteiger charge is -2.31. The molecule has 0 amide bonds. The van der Waals surface area contributed by atoms with Crippen LogP contribution in [-0.4, -0.2) is 27.4 Å². The van der Waals surface area contributed by atoms with Gasteiger partial charge in [-0.3, -0.25) is 0 Å². The molecule has 0 spiro atoms. The Labute approximate surface area is 96.4 Å². The standard InChI is InChI=1S/C10H21F3O2Si/c1-5-14-16(6-2,7-3)15-9(4)8-10(11,12)13/h9H,5-8H2,1-4H3. The largest absolute Gasteiger partial charge is 0.394 e. The van der Waals surface area contributed by atoms with Crippen molar-refractivity contribution >= 4 is 8.56 Å². The topological polar surface area (TPSA) is 18.5 Å². The molecule has 1 atom stereocenters. The molecule has 0 radical (unpaired) electrons. The molecule has 0 aromatic carbocycles. The van der Waals surface area contributed by atoms with Crippen LogP contribution in [0.1, 0.15) is 34.1 Å². The predicted octanol–water partition coefficient (Wildman–Crippen LogP) is 3.86. The van der Waals surface area contributed by atoms with Gasteiger partial charge in [0.25, 0.3) is 0 Å². The molecule has 0 aliphatic rings. The van der Waals surface area contributed by atoms with E-state index in [1.165, 1.54) is 6.92 Å². The zero-order chi connectivity index (χ0) is 12.8. The van der Waals surface area contributed by atoms with Gasteiger partial charge in [-0.15, -0.1) is 0 Å². The molecule has 0 saturated heterocycles.